The number of amides is 2. The molecule has 0 spiro atoms. The van der Waals surface area contributed by atoms with Gasteiger partial charge in [0.15, 0.2) is 0 Å². The van der Waals surface area contributed by atoms with Gasteiger partial charge in [-0.15, -0.1) is 0 Å². The van der Waals surface area contributed by atoms with Crippen LogP contribution < -0.4 is 4.74 Å². The van der Waals surface area contributed by atoms with Gasteiger partial charge in [-0.3, -0.25) is 9.59 Å². The Morgan fingerprint density at radius 2 is 1.96 bits per heavy atom. The lowest BCUT2D eigenvalue weighted by Gasteiger charge is -2.32. The van der Waals surface area contributed by atoms with Crippen LogP contribution in [-0.2, 0) is 4.79 Å². The van der Waals surface area contributed by atoms with Gasteiger partial charge >= 0.3 is 0 Å². The molecule has 0 N–H and O–H groups in total. The van der Waals surface area contributed by atoms with Gasteiger partial charge in [0.05, 0.1) is 0 Å². The summed E-state index contributed by atoms with van der Waals surface area (Å²) in [7, 11) is 3.55. The molecular formula is C21H24BrN3O3. The number of carbonyl (C=O) groups is 2. The highest BCUT2D eigenvalue weighted by Gasteiger charge is 2.27. The van der Waals surface area contributed by atoms with Crippen molar-refractivity contribution in [3.63, 3.8) is 0 Å². The van der Waals surface area contributed by atoms with Crippen molar-refractivity contribution in [2.75, 3.05) is 27.2 Å². The van der Waals surface area contributed by atoms with Gasteiger partial charge in [-0.2, -0.15) is 0 Å². The van der Waals surface area contributed by atoms with Crippen LogP contribution in [0.15, 0.2) is 47.1 Å². The molecule has 28 heavy (non-hydrogen) atoms. The maximum absolute atomic E-state index is 13.0. The maximum atomic E-state index is 13.0. The quantitative estimate of drug-likeness (QED) is 0.698. The van der Waals surface area contributed by atoms with E-state index in [-0.39, 0.29) is 11.8 Å². The lowest BCUT2D eigenvalue weighted by molar-refractivity contribution is -0.129. The predicted octanol–water partition coefficient (Wildman–Crippen LogP) is 3.97. The molecule has 6 nitrogen and oxygen atoms in total. The first-order chi connectivity index (χ1) is 13.4. The van der Waals surface area contributed by atoms with E-state index >= 15 is 0 Å². The van der Waals surface area contributed by atoms with Crippen molar-refractivity contribution in [2.45, 2.75) is 19.3 Å². The Morgan fingerprint density at radius 3 is 2.64 bits per heavy atom. The minimum Gasteiger partial charge on any atom is -0.438 e. The van der Waals surface area contributed by atoms with E-state index in [0.717, 1.165) is 17.3 Å². The fraction of sp³-hybridized carbons (Fsp3) is 0.381. The van der Waals surface area contributed by atoms with Crippen molar-refractivity contribution >= 4 is 27.7 Å². The van der Waals surface area contributed by atoms with E-state index < -0.39 is 0 Å². The molecular weight excluding hydrogens is 422 g/mol. The molecule has 0 atom stereocenters. The number of likely N-dealkylation sites (tertiary alicyclic amines) is 1. The smallest absolute Gasteiger partial charge is 0.259 e. The van der Waals surface area contributed by atoms with Gasteiger partial charge < -0.3 is 14.5 Å². The normalized spacial score (nSPS) is 14.6. The van der Waals surface area contributed by atoms with Gasteiger partial charge in [0.2, 0.25) is 11.8 Å². The first-order valence-electron chi connectivity index (χ1n) is 9.32. The van der Waals surface area contributed by atoms with Crippen molar-refractivity contribution < 1.29 is 14.3 Å². The van der Waals surface area contributed by atoms with Crippen LogP contribution in [0.5, 0.6) is 11.6 Å². The van der Waals surface area contributed by atoms with Gasteiger partial charge in [0, 0.05) is 44.3 Å². The van der Waals surface area contributed by atoms with Crippen LogP contribution in [0.1, 0.15) is 29.6 Å². The van der Waals surface area contributed by atoms with Crippen LogP contribution in [0.2, 0.25) is 0 Å². The Morgan fingerprint density at radius 1 is 1.21 bits per heavy atom. The minimum absolute atomic E-state index is 0.0875. The summed E-state index contributed by atoms with van der Waals surface area (Å²) in [5.74, 6) is 1.29. The summed E-state index contributed by atoms with van der Waals surface area (Å²) in [6, 6.07) is 10.9. The molecule has 2 amide bonds. The van der Waals surface area contributed by atoms with Crippen molar-refractivity contribution in [3.05, 3.63) is 52.6 Å². The molecule has 2 aromatic rings. The van der Waals surface area contributed by atoms with E-state index in [1.807, 2.05) is 29.2 Å². The second-order valence-corrected chi connectivity index (χ2v) is 8.06. The number of hydrogen-bond acceptors (Lipinski definition) is 4. The Hall–Kier alpha value is -2.41. The van der Waals surface area contributed by atoms with Gasteiger partial charge in [-0.1, -0.05) is 22.0 Å². The molecule has 1 aliphatic heterocycles. The molecule has 0 saturated carbocycles. The number of aromatic nitrogens is 1. The van der Waals surface area contributed by atoms with Crippen LogP contribution in [0.25, 0.3) is 0 Å². The van der Waals surface area contributed by atoms with Crippen LogP contribution in [-0.4, -0.2) is 53.8 Å². The average Bonchev–Trinajstić information content (AvgIpc) is 2.68. The summed E-state index contributed by atoms with van der Waals surface area (Å²) in [5.41, 5.74) is 0.449. The summed E-state index contributed by atoms with van der Waals surface area (Å²) in [4.78, 5) is 32.6. The monoisotopic (exact) mass is 445 g/mol. The van der Waals surface area contributed by atoms with Gasteiger partial charge in [0.25, 0.3) is 5.91 Å². The van der Waals surface area contributed by atoms with E-state index in [0.29, 0.717) is 42.6 Å². The number of carbonyl (C=O) groups excluding carboxylic acids is 2. The zero-order valence-corrected chi connectivity index (χ0v) is 17.7. The molecule has 3 rings (SSSR count). The zero-order chi connectivity index (χ0) is 20.1. The Labute approximate surface area is 173 Å². The van der Waals surface area contributed by atoms with Crippen LogP contribution >= 0.6 is 15.9 Å². The van der Waals surface area contributed by atoms with E-state index in [1.165, 1.54) is 0 Å². The predicted molar refractivity (Wildman–Crippen MR) is 110 cm³/mol. The van der Waals surface area contributed by atoms with Crippen molar-refractivity contribution in [1.29, 1.82) is 0 Å². The largest absolute Gasteiger partial charge is 0.438 e. The van der Waals surface area contributed by atoms with Crippen LogP contribution in [0, 0.1) is 5.92 Å². The van der Waals surface area contributed by atoms with E-state index in [1.54, 1.807) is 37.3 Å². The van der Waals surface area contributed by atoms with E-state index in [4.69, 9.17) is 4.74 Å². The second-order valence-electron chi connectivity index (χ2n) is 7.14. The molecule has 0 aliphatic carbocycles. The summed E-state index contributed by atoms with van der Waals surface area (Å²) in [5, 5.41) is 0. The summed E-state index contributed by atoms with van der Waals surface area (Å²) in [6.07, 6.45) is 3.81. The number of ether oxygens (including phenoxy) is 1. The average molecular weight is 446 g/mol. The summed E-state index contributed by atoms with van der Waals surface area (Å²) < 4.78 is 6.76. The van der Waals surface area contributed by atoms with Crippen LogP contribution in [0.3, 0.4) is 0 Å². The molecule has 1 aromatic heterocycles. The van der Waals surface area contributed by atoms with Crippen molar-refractivity contribution in [2.24, 2.45) is 5.92 Å². The molecule has 1 saturated heterocycles. The third-order valence-electron chi connectivity index (χ3n) is 4.88. The Balaban J connectivity index is 1.66. The highest BCUT2D eigenvalue weighted by molar-refractivity contribution is 9.10. The molecule has 7 heteroatoms. The topological polar surface area (TPSA) is 62.7 Å². The zero-order valence-electron chi connectivity index (χ0n) is 16.1. The number of hydrogen-bond donors (Lipinski definition) is 0. The number of nitrogens with zero attached hydrogens (tertiary/aromatic N) is 3. The molecule has 1 aliphatic rings. The van der Waals surface area contributed by atoms with Gasteiger partial charge in [-0.05, 0) is 49.1 Å². The molecule has 0 bridgehead atoms. The number of piperidine rings is 1. The number of halogens is 1. The number of benzene rings is 1. The molecule has 148 valence electrons. The summed E-state index contributed by atoms with van der Waals surface area (Å²) >= 11 is 3.41. The Kier molecular flexibility index (Phi) is 6.67. The van der Waals surface area contributed by atoms with Crippen molar-refractivity contribution in [1.82, 2.24) is 14.8 Å². The Bertz CT molecular complexity index is 848. The van der Waals surface area contributed by atoms with E-state index in [9.17, 15) is 9.59 Å². The van der Waals surface area contributed by atoms with Crippen LogP contribution in [0.4, 0.5) is 0 Å². The highest BCUT2D eigenvalue weighted by Crippen LogP contribution is 2.28. The standard InChI is InChI=1S/C21H24BrN3O3/c1-24(2)19(26)13-15-8-11-25(12-9-15)21(27)18-7-4-10-23-20(18)28-17-6-3-5-16(22)14-17/h3-7,10,14-15H,8-9,11-13H2,1-2H3. The SMILES string of the molecule is CN(C)C(=O)CC1CCN(C(=O)c2cccnc2Oc2cccc(Br)c2)CC1. The lowest BCUT2D eigenvalue weighted by atomic mass is 9.92. The molecule has 2 heterocycles. The molecule has 1 aromatic carbocycles. The second kappa shape index (κ2) is 9.19. The molecule has 0 unspecified atom stereocenters. The molecule has 0 radical (unpaired) electrons. The third-order valence-corrected chi connectivity index (χ3v) is 5.37. The lowest BCUT2D eigenvalue weighted by Crippen LogP contribution is -2.39. The fourth-order valence-electron chi connectivity index (χ4n) is 3.22. The number of pyridine rings is 1. The maximum Gasteiger partial charge on any atom is 0.259 e. The summed E-state index contributed by atoms with van der Waals surface area (Å²) in [6.45, 7) is 1.27. The highest BCUT2D eigenvalue weighted by atomic mass is 79.9. The third kappa shape index (κ3) is 5.10. The first-order valence-corrected chi connectivity index (χ1v) is 10.1. The van der Waals surface area contributed by atoms with Gasteiger partial charge in [0.1, 0.15) is 11.3 Å². The molecule has 1 fully saturated rings. The first kappa shape index (κ1) is 20.3. The van der Waals surface area contributed by atoms with Crippen molar-refractivity contribution in [3.8, 4) is 11.6 Å². The van der Waals surface area contributed by atoms with E-state index in [2.05, 4.69) is 20.9 Å². The number of rotatable bonds is 5. The van der Waals surface area contributed by atoms with Gasteiger partial charge in [-0.25, -0.2) is 4.98 Å². The fourth-order valence-corrected chi connectivity index (χ4v) is 3.60. The minimum atomic E-state index is -0.0875.